The van der Waals surface area contributed by atoms with Gasteiger partial charge in [0.25, 0.3) is 0 Å². The fourth-order valence-corrected chi connectivity index (χ4v) is 1.79. The van der Waals surface area contributed by atoms with Crippen molar-refractivity contribution in [1.82, 2.24) is 10.3 Å². The lowest BCUT2D eigenvalue weighted by Crippen LogP contribution is -2.29. The molecular weight excluding hydrogens is 162 g/mol. The molecule has 1 aromatic rings. The number of hydrogen-bond acceptors (Lipinski definition) is 3. The molecule has 13 heavy (non-hydrogen) atoms. The Balaban J connectivity index is 2.04. The van der Waals surface area contributed by atoms with Gasteiger partial charge in [-0.3, -0.25) is 4.98 Å². The Hall–Kier alpha value is -1.09. The molecule has 0 saturated carbocycles. The first-order valence-corrected chi connectivity index (χ1v) is 4.72. The van der Waals surface area contributed by atoms with E-state index >= 15 is 0 Å². The topological polar surface area (TPSA) is 28.2 Å². The zero-order chi connectivity index (χ0) is 9.10. The highest BCUT2D eigenvalue weighted by Crippen LogP contribution is 2.18. The van der Waals surface area contributed by atoms with Crippen molar-refractivity contribution in [3.63, 3.8) is 0 Å². The van der Waals surface area contributed by atoms with Gasteiger partial charge in [-0.2, -0.15) is 0 Å². The molecule has 2 rings (SSSR count). The Morgan fingerprint density at radius 2 is 2.23 bits per heavy atom. The molecule has 0 aromatic carbocycles. The molecule has 1 atom stereocenters. The Bertz CT molecular complexity index is 260. The maximum Gasteiger partial charge on any atom is 0.0397 e. The number of rotatable bonds is 2. The van der Waals surface area contributed by atoms with Crippen molar-refractivity contribution in [2.45, 2.75) is 12.5 Å². The predicted molar refractivity (Wildman–Crippen MR) is 53.9 cm³/mol. The van der Waals surface area contributed by atoms with Crippen LogP contribution in [0.4, 0.5) is 5.69 Å². The maximum absolute atomic E-state index is 4.01. The third-order valence-corrected chi connectivity index (χ3v) is 2.62. The summed E-state index contributed by atoms with van der Waals surface area (Å²) in [7, 11) is 2.03. The van der Waals surface area contributed by atoms with Gasteiger partial charge in [0, 0.05) is 37.2 Å². The van der Waals surface area contributed by atoms with Gasteiger partial charge in [0.15, 0.2) is 0 Å². The van der Waals surface area contributed by atoms with Gasteiger partial charge in [-0.05, 0) is 25.6 Å². The second kappa shape index (κ2) is 3.75. The molecule has 1 saturated heterocycles. The average molecular weight is 177 g/mol. The quantitative estimate of drug-likeness (QED) is 0.727. The third kappa shape index (κ3) is 1.80. The van der Waals surface area contributed by atoms with Crippen LogP contribution in [0, 0.1) is 0 Å². The van der Waals surface area contributed by atoms with Crippen molar-refractivity contribution in [2.75, 3.05) is 25.0 Å². The second-order valence-corrected chi connectivity index (χ2v) is 3.43. The van der Waals surface area contributed by atoms with Crippen LogP contribution in [-0.4, -0.2) is 31.2 Å². The first-order valence-electron chi connectivity index (χ1n) is 4.72. The summed E-state index contributed by atoms with van der Waals surface area (Å²) in [5.74, 6) is 0. The zero-order valence-electron chi connectivity index (χ0n) is 7.90. The van der Waals surface area contributed by atoms with Gasteiger partial charge in [0.2, 0.25) is 0 Å². The molecule has 1 N–H and O–H groups in total. The number of likely N-dealkylation sites (N-methyl/N-ethyl adjacent to an activating group) is 1. The van der Waals surface area contributed by atoms with Crippen molar-refractivity contribution in [3.05, 3.63) is 24.5 Å². The van der Waals surface area contributed by atoms with E-state index in [1.165, 1.54) is 12.1 Å². The summed E-state index contributed by atoms with van der Waals surface area (Å²) >= 11 is 0. The van der Waals surface area contributed by atoms with E-state index < -0.39 is 0 Å². The van der Waals surface area contributed by atoms with E-state index in [0.717, 1.165) is 13.1 Å². The molecule has 1 aliphatic rings. The molecular formula is C10H15N3. The SMILES string of the molecule is CNC1CCN(c2ccncc2)C1. The smallest absolute Gasteiger partial charge is 0.0397 e. The van der Waals surface area contributed by atoms with Crippen LogP contribution >= 0.6 is 0 Å². The van der Waals surface area contributed by atoms with E-state index in [4.69, 9.17) is 0 Å². The zero-order valence-corrected chi connectivity index (χ0v) is 7.90. The van der Waals surface area contributed by atoms with Crippen LogP contribution in [0.5, 0.6) is 0 Å². The Morgan fingerprint density at radius 1 is 1.46 bits per heavy atom. The van der Waals surface area contributed by atoms with E-state index in [1.807, 2.05) is 19.4 Å². The standard InChI is InChI=1S/C10H15N3/c1-11-9-4-7-13(8-9)10-2-5-12-6-3-10/h2-3,5-6,9,11H,4,7-8H2,1H3. The van der Waals surface area contributed by atoms with Crippen molar-refractivity contribution in [2.24, 2.45) is 0 Å². The van der Waals surface area contributed by atoms with E-state index in [9.17, 15) is 0 Å². The average Bonchev–Trinajstić information content (AvgIpc) is 2.67. The molecule has 3 nitrogen and oxygen atoms in total. The molecule has 0 spiro atoms. The molecule has 0 bridgehead atoms. The van der Waals surface area contributed by atoms with Crippen molar-refractivity contribution in [3.8, 4) is 0 Å². The van der Waals surface area contributed by atoms with Gasteiger partial charge in [-0.1, -0.05) is 0 Å². The Labute approximate surface area is 78.8 Å². The first-order chi connectivity index (χ1) is 6.40. The summed E-state index contributed by atoms with van der Waals surface area (Å²) < 4.78 is 0. The van der Waals surface area contributed by atoms with Crippen LogP contribution in [-0.2, 0) is 0 Å². The molecule has 1 unspecified atom stereocenters. The van der Waals surface area contributed by atoms with Gasteiger partial charge < -0.3 is 10.2 Å². The van der Waals surface area contributed by atoms with Gasteiger partial charge in [0.05, 0.1) is 0 Å². The molecule has 1 aromatic heterocycles. The molecule has 1 fully saturated rings. The number of aromatic nitrogens is 1. The van der Waals surface area contributed by atoms with E-state index in [2.05, 4.69) is 27.3 Å². The van der Waals surface area contributed by atoms with Crippen molar-refractivity contribution < 1.29 is 0 Å². The van der Waals surface area contributed by atoms with Crippen LogP contribution in [0.2, 0.25) is 0 Å². The number of pyridine rings is 1. The summed E-state index contributed by atoms with van der Waals surface area (Å²) in [5, 5.41) is 3.31. The highest BCUT2D eigenvalue weighted by molar-refractivity contribution is 5.45. The lowest BCUT2D eigenvalue weighted by molar-refractivity contribution is 0.617. The van der Waals surface area contributed by atoms with Crippen LogP contribution < -0.4 is 10.2 Å². The number of hydrogen-bond donors (Lipinski definition) is 1. The largest absolute Gasteiger partial charge is 0.370 e. The lowest BCUT2D eigenvalue weighted by Gasteiger charge is -2.17. The van der Waals surface area contributed by atoms with Gasteiger partial charge in [0.1, 0.15) is 0 Å². The summed E-state index contributed by atoms with van der Waals surface area (Å²) in [6, 6.07) is 4.78. The third-order valence-electron chi connectivity index (χ3n) is 2.62. The summed E-state index contributed by atoms with van der Waals surface area (Å²) in [6.07, 6.45) is 4.93. The molecule has 0 amide bonds. The number of nitrogens with one attached hydrogen (secondary N) is 1. The van der Waals surface area contributed by atoms with Crippen LogP contribution in [0.15, 0.2) is 24.5 Å². The minimum atomic E-state index is 0.646. The predicted octanol–water partition coefficient (Wildman–Crippen LogP) is 0.880. The van der Waals surface area contributed by atoms with Crippen molar-refractivity contribution >= 4 is 5.69 Å². The normalized spacial score (nSPS) is 22.2. The maximum atomic E-state index is 4.01. The molecule has 0 radical (unpaired) electrons. The highest BCUT2D eigenvalue weighted by Gasteiger charge is 2.20. The summed E-state index contributed by atoms with van der Waals surface area (Å²) in [4.78, 5) is 6.41. The monoisotopic (exact) mass is 177 g/mol. The van der Waals surface area contributed by atoms with Crippen LogP contribution in [0.3, 0.4) is 0 Å². The van der Waals surface area contributed by atoms with Gasteiger partial charge >= 0.3 is 0 Å². The molecule has 70 valence electrons. The molecule has 2 heterocycles. The fraction of sp³-hybridized carbons (Fsp3) is 0.500. The molecule has 1 aliphatic heterocycles. The minimum absolute atomic E-state index is 0.646. The fourth-order valence-electron chi connectivity index (χ4n) is 1.79. The summed E-state index contributed by atoms with van der Waals surface area (Å²) in [5.41, 5.74) is 1.28. The Morgan fingerprint density at radius 3 is 2.85 bits per heavy atom. The van der Waals surface area contributed by atoms with Gasteiger partial charge in [-0.15, -0.1) is 0 Å². The first kappa shape index (κ1) is 8.51. The van der Waals surface area contributed by atoms with E-state index in [-0.39, 0.29) is 0 Å². The minimum Gasteiger partial charge on any atom is -0.370 e. The molecule has 0 aliphatic carbocycles. The number of nitrogens with zero attached hydrogens (tertiary/aromatic N) is 2. The van der Waals surface area contributed by atoms with Gasteiger partial charge in [-0.25, -0.2) is 0 Å². The summed E-state index contributed by atoms with van der Waals surface area (Å²) in [6.45, 7) is 2.26. The van der Waals surface area contributed by atoms with E-state index in [1.54, 1.807) is 0 Å². The Kier molecular flexibility index (Phi) is 2.45. The highest BCUT2D eigenvalue weighted by atomic mass is 15.2. The number of anilines is 1. The van der Waals surface area contributed by atoms with Crippen LogP contribution in [0.1, 0.15) is 6.42 Å². The van der Waals surface area contributed by atoms with Crippen LogP contribution in [0.25, 0.3) is 0 Å². The van der Waals surface area contributed by atoms with Crippen molar-refractivity contribution in [1.29, 1.82) is 0 Å². The lowest BCUT2D eigenvalue weighted by atomic mass is 10.3. The second-order valence-electron chi connectivity index (χ2n) is 3.43. The van der Waals surface area contributed by atoms with E-state index in [0.29, 0.717) is 6.04 Å². The molecule has 3 heteroatoms.